The maximum atomic E-state index is 11.7. The van der Waals surface area contributed by atoms with Gasteiger partial charge in [0.1, 0.15) is 10.6 Å². The van der Waals surface area contributed by atoms with Crippen molar-refractivity contribution in [3.05, 3.63) is 54.1 Å². The number of nitrogens with zero attached hydrogens (tertiary/aromatic N) is 2. The van der Waals surface area contributed by atoms with E-state index in [4.69, 9.17) is 9.88 Å². The number of hydrogen-bond acceptors (Lipinski definition) is 6. The van der Waals surface area contributed by atoms with Crippen LogP contribution in [-0.2, 0) is 10.0 Å². The van der Waals surface area contributed by atoms with E-state index in [1.165, 1.54) is 24.9 Å². The molecule has 1 heterocycles. The minimum absolute atomic E-state index is 0.115. The van der Waals surface area contributed by atoms with Gasteiger partial charge in [0.25, 0.3) is 0 Å². The molecular formula is C19H25N3O4S. The zero-order valence-electron chi connectivity index (χ0n) is 15.3. The van der Waals surface area contributed by atoms with Crippen LogP contribution in [0.25, 0.3) is 0 Å². The second kappa shape index (κ2) is 8.26. The average molecular weight is 391 g/mol. The highest BCUT2D eigenvalue weighted by Gasteiger charge is 2.22. The maximum absolute atomic E-state index is 11.7. The monoisotopic (exact) mass is 391 g/mol. The fourth-order valence-corrected chi connectivity index (χ4v) is 4.03. The first-order valence-electron chi connectivity index (χ1n) is 8.79. The number of piperazine rings is 1. The van der Waals surface area contributed by atoms with Crippen molar-refractivity contribution in [1.82, 2.24) is 4.90 Å². The molecule has 1 atom stereocenters. The van der Waals surface area contributed by atoms with Crippen LogP contribution >= 0.6 is 0 Å². The molecule has 1 unspecified atom stereocenters. The van der Waals surface area contributed by atoms with Crippen molar-refractivity contribution in [2.75, 3.05) is 44.7 Å². The SMILES string of the molecule is COc1ccc(C(O)CN2CCN(c3ccccc3)CC2)cc1S(N)(=O)=O. The van der Waals surface area contributed by atoms with E-state index < -0.39 is 16.1 Å². The first-order valence-corrected chi connectivity index (χ1v) is 10.3. The lowest BCUT2D eigenvalue weighted by molar-refractivity contribution is 0.109. The number of benzene rings is 2. The summed E-state index contributed by atoms with van der Waals surface area (Å²) in [5, 5.41) is 15.8. The first kappa shape index (κ1) is 19.6. The van der Waals surface area contributed by atoms with Crippen molar-refractivity contribution >= 4 is 15.7 Å². The Hall–Kier alpha value is -2.13. The van der Waals surface area contributed by atoms with Crippen molar-refractivity contribution in [3.8, 4) is 5.75 Å². The lowest BCUT2D eigenvalue weighted by Crippen LogP contribution is -2.47. The molecule has 146 valence electrons. The van der Waals surface area contributed by atoms with E-state index in [0.717, 1.165) is 26.2 Å². The van der Waals surface area contributed by atoms with E-state index >= 15 is 0 Å². The number of anilines is 1. The number of aliphatic hydroxyl groups is 1. The van der Waals surface area contributed by atoms with Gasteiger partial charge in [-0.2, -0.15) is 0 Å². The summed E-state index contributed by atoms with van der Waals surface area (Å²) in [6.45, 7) is 3.83. The molecule has 3 rings (SSSR count). The Labute approximate surface area is 160 Å². The fraction of sp³-hybridized carbons (Fsp3) is 0.368. The molecule has 1 aliphatic rings. The van der Waals surface area contributed by atoms with Crippen LogP contribution in [0.5, 0.6) is 5.75 Å². The third-order valence-electron chi connectivity index (χ3n) is 4.80. The highest BCUT2D eigenvalue weighted by atomic mass is 32.2. The van der Waals surface area contributed by atoms with Gasteiger partial charge < -0.3 is 14.7 Å². The van der Waals surface area contributed by atoms with Crippen LogP contribution in [0, 0.1) is 0 Å². The molecule has 0 saturated carbocycles. The normalized spacial score (nSPS) is 16.9. The van der Waals surface area contributed by atoms with Gasteiger partial charge in [-0.05, 0) is 29.8 Å². The van der Waals surface area contributed by atoms with Gasteiger partial charge >= 0.3 is 0 Å². The number of β-amino-alcohol motifs (C(OH)–C–C–N with tert-alkyl or cyclic N) is 1. The molecule has 0 bridgehead atoms. The van der Waals surface area contributed by atoms with Crippen molar-refractivity contribution in [3.63, 3.8) is 0 Å². The Kier molecular flexibility index (Phi) is 6.01. The highest BCUT2D eigenvalue weighted by molar-refractivity contribution is 7.89. The van der Waals surface area contributed by atoms with Gasteiger partial charge in [0.15, 0.2) is 0 Å². The van der Waals surface area contributed by atoms with Gasteiger partial charge in [0, 0.05) is 38.4 Å². The summed E-state index contributed by atoms with van der Waals surface area (Å²) in [6, 6.07) is 14.8. The van der Waals surface area contributed by atoms with Crippen LogP contribution in [0.2, 0.25) is 0 Å². The lowest BCUT2D eigenvalue weighted by Gasteiger charge is -2.37. The van der Waals surface area contributed by atoms with E-state index in [9.17, 15) is 13.5 Å². The van der Waals surface area contributed by atoms with E-state index in [1.807, 2.05) is 18.2 Å². The van der Waals surface area contributed by atoms with Crippen LogP contribution in [0.15, 0.2) is 53.4 Å². The second-order valence-electron chi connectivity index (χ2n) is 6.59. The number of ether oxygens (including phenoxy) is 1. The standard InChI is InChI=1S/C19H25N3O4S/c1-26-18-8-7-15(13-19(18)27(20,24)25)17(23)14-21-9-11-22(12-10-21)16-5-3-2-4-6-16/h2-8,13,17,23H,9-12,14H2,1H3,(H2,20,24,25). The molecule has 0 spiro atoms. The van der Waals surface area contributed by atoms with Crippen molar-refractivity contribution in [2.24, 2.45) is 5.14 Å². The Morgan fingerprint density at radius 2 is 1.78 bits per heavy atom. The molecule has 1 fully saturated rings. The van der Waals surface area contributed by atoms with Gasteiger partial charge in [-0.25, -0.2) is 13.6 Å². The third-order valence-corrected chi connectivity index (χ3v) is 5.74. The summed E-state index contributed by atoms with van der Waals surface area (Å²) >= 11 is 0. The molecule has 0 aliphatic carbocycles. The molecule has 0 aromatic heterocycles. The van der Waals surface area contributed by atoms with Crippen LogP contribution < -0.4 is 14.8 Å². The lowest BCUT2D eigenvalue weighted by atomic mass is 10.1. The van der Waals surface area contributed by atoms with Gasteiger partial charge in [0.05, 0.1) is 13.2 Å². The van der Waals surface area contributed by atoms with E-state index in [1.54, 1.807) is 6.07 Å². The fourth-order valence-electron chi connectivity index (χ4n) is 3.30. The number of nitrogens with two attached hydrogens (primary N) is 1. The quantitative estimate of drug-likeness (QED) is 0.768. The van der Waals surface area contributed by atoms with Crippen molar-refractivity contribution in [1.29, 1.82) is 0 Å². The first-order chi connectivity index (χ1) is 12.9. The van der Waals surface area contributed by atoms with Crippen LogP contribution in [0.4, 0.5) is 5.69 Å². The minimum Gasteiger partial charge on any atom is -0.495 e. The number of sulfonamides is 1. The Bertz CT molecular complexity index is 866. The van der Waals surface area contributed by atoms with Crippen LogP contribution in [0.3, 0.4) is 0 Å². The second-order valence-corrected chi connectivity index (χ2v) is 8.12. The topological polar surface area (TPSA) is 96.1 Å². The molecule has 1 saturated heterocycles. The predicted octanol–water partition coefficient (Wildman–Crippen LogP) is 1.20. The predicted molar refractivity (Wildman–Crippen MR) is 104 cm³/mol. The molecule has 27 heavy (non-hydrogen) atoms. The summed E-state index contributed by atoms with van der Waals surface area (Å²) in [6.07, 6.45) is -0.806. The smallest absolute Gasteiger partial charge is 0.241 e. The molecule has 0 radical (unpaired) electrons. The molecule has 0 amide bonds. The van der Waals surface area contributed by atoms with Gasteiger partial charge in [-0.15, -0.1) is 0 Å². The van der Waals surface area contributed by atoms with Crippen LogP contribution in [0.1, 0.15) is 11.7 Å². The third kappa shape index (κ3) is 4.78. The highest BCUT2D eigenvalue weighted by Crippen LogP contribution is 2.27. The number of para-hydroxylation sites is 1. The Balaban J connectivity index is 1.64. The van der Waals surface area contributed by atoms with Crippen LogP contribution in [-0.4, -0.2) is 58.3 Å². The largest absolute Gasteiger partial charge is 0.495 e. The maximum Gasteiger partial charge on any atom is 0.241 e. The molecule has 3 N–H and O–H groups in total. The van der Waals surface area contributed by atoms with E-state index in [-0.39, 0.29) is 10.6 Å². The van der Waals surface area contributed by atoms with Gasteiger partial charge in [0.2, 0.25) is 10.0 Å². The summed E-state index contributed by atoms with van der Waals surface area (Å²) in [5.74, 6) is 0.171. The number of rotatable bonds is 6. The molecule has 1 aliphatic heterocycles. The summed E-state index contributed by atoms with van der Waals surface area (Å²) < 4.78 is 28.6. The molecule has 2 aromatic rings. The Morgan fingerprint density at radius 3 is 2.37 bits per heavy atom. The molecule has 8 heteroatoms. The summed E-state index contributed by atoms with van der Waals surface area (Å²) in [5.41, 5.74) is 1.70. The number of primary sulfonamides is 1. The Morgan fingerprint density at radius 1 is 1.11 bits per heavy atom. The number of methoxy groups -OCH3 is 1. The summed E-state index contributed by atoms with van der Waals surface area (Å²) in [7, 11) is -2.55. The zero-order chi connectivity index (χ0) is 19.4. The van der Waals surface area contributed by atoms with Gasteiger partial charge in [-0.1, -0.05) is 24.3 Å². The van der Waals surface area contributed by atoms with Crippen molar-refractivity contribution < 1.29 is 18.3 Å². The number of aliphatic hydroxyl groups excluding tert-OH is 1. The van der Waals surface area contributed by atoms with E-state index in [0.29, 0.717) is 12.1 Å². The minimum atomic E-state index is -3.93. The van der Waals surface area contributed by atoms with Crippen molar-refractivity contribution in [2.45, 2.75) is 11.0 Å². The molecular weight excluding hydrogens is 366 g/mol. The average Bonchev–Trinajstić information content (AvgIpc) is 2.68. The van der Waals surface area contributed by atoms with E-state index in [2.05, 4.69) is 21.9 Å². The zero-order valence-corrected chi connectivity index (χ0v) is 16.1. The molecule has 2 aromatic carbocycles. The summed E-state index contributed by atoms with van der Waals surface area (Å²) in [4.78, 5) is 4.37. The molecule has 7 nitrogen and oxygen atoms in total. The van der Waals surface area contributed by atoms with Gasteiger partial charge in [-0.3, -0.25) is 4.90 Å². The number of hydrogen-bond donors (Lipinski definition) is 2.